The van der Waals surface area contributed by atoms with Gasteiger partial charge in [0.05, 0.1) is 17.2 Å². The zero-order chi connectivity index (χ0) is 15.0. The van der Waals surface area contributed by atoms with Gasteiger partial charge in [-0.15, -0.1) is 0 Å². The zero-order valence-electron chi connectivity index (χ0n) is 11.9. The molecule has 0 aliphatic carbocycles. The summed E-state index contributed by atoms with van der Waals surface area (Å²) in [6.07, 6.45) is 4.76. The van der Waals surface area contributed by atoms with E-state index >= 15 is 0 Å². The van der Waals surface area contributed by atoms with Gasteiger partial charge in [-0.3, -0.25) is 9.36 Å². The molecule has 3 rings (SSSR count). The van der Waals surface area contributed by atoms with Crippen LogP contribution in [0.1, 0.15) is 19.3 Å². The van der Waals surface area contributed by atoms with Crippen LogP contribution in [-0.4, -0.2) is 34.1 Å². The van der Waals surface area contributed by atoms with Crippen LogP contribution in [0.2, 0.25) is 0 Å². The normalized spacial score (nSPS) is 20.0. The van der Waals surface area contributed by atoms with Gasteiger partial charge in [0, 0.05) is 18.7 Å². The molecule has 0 unspecified atom stereocenters. The second-order valence-corrected chi connectivity index (χ2v) is 5.62. The minimum absolute atomic E-state index is 0.120. The molecule has 2 heterocycles. The number of nitrogens with zero attached hydrogens (tertiary/aromatic N) is 3. The van der Waals surface area contributed by atoms with Crippen LogP contribution in [0, 0.1) is 11.6 Å². The molecule has 1 aliphatic rings. The Hall–Kier alpha value is -1.82. The largest absolute Gasteiger partial charge is 0.302 e. The average molecular weight is 293 g/mol. The smallest absolute Gasteiger partial charge is 0.261 e. The van der Waals surface area contributed by atoms with E-state index in [-0.39, 0.29) is 22.5 Å². The fraction of sp³-hybridized carbons (Fsp3) is 0.467. The molecular formula is C15H17F2N3O. The van der Waals surface area contributed by atoms with Gasteiger partial charge >= 0.3 is 0 Å². The Morgan fingerprint density at radius 2 is 2.05 bits per heavy atom. The van der Waals surface area contributed by atoms with E-state index in [0.717, 1.165) is 31.5 Å². The van der Waals surface area contributed by atoms with Crippen molar-refractivity contribution < 1.29 is 8.78 Å². The molecular weight excluding hydrogens is 276 g/mol. The molecule has 0 amide bonds. The lowest BCUT2D eigenvalue weighted by Gasteiger charge is -2.32. The van der Waals surface area contributed by atoms with E-state index in [1.165, 1.54) is 17.3 Å². The van der Waals surface area contributed by atoms with Crippen molar-refractivity contribution in [3.8, 4) is 0 Å². The lowest BCUT2D eigenvalue weighted by Crippen LogP contribution is -2.41. The Labute approximate surface area is 121 Å². The van der Waals surface area contributed by atoms with Gasteiger partial charge in [-0.05, 0) is 32.5 Å². The van der Waals surface area contributed by atoms with Gasteiger partial charge < -0.3 is 4.90 Å². The molecule has 1 aromatic carbocycles. The first-order valence-corrected chi connectivity index (χ1v) is 7.10. The van der Waals surface area contributed by atoms with Gasteiger partial charge in [-0.25, -0.2) is 13.8 Å². The standard InChI is InChI=1S/C15H17F2N3O/c1-19-5-3-2-4-10(19)8-20-9-18-14-7-13(17)12(16)6-11(14)15(20)21/h6-7,9-10H,2-5,8H2,1H3/t10-/m0/s1. The van der Waals surface area contributed by atoms with Crippen molar-refractivity contribution >= 4 is 10.9 Å². The number of benzene rings is 1. The van der Waals surface area contributed by atoms with Gasteiger partial charge in [0.15, 0.2) is 11.6 Å². The van der Waals surface area contributed by atoms with Crippen molar-refractivity contribution in [1.29, 1.82) is 0 Å². The van der Waals surface area contributed by atoms with Crippen LogP contribution < -0.4 is 5.56 Å². The van der Waals surface area contributed by atoms with Crippen molar-refractivity contribution in [2.75, 3.05) is 13.6 Å². The minimum atomic E-state index is -1.02. The van der Waals surface area contributed by atoms with Crippen LogP contribution in [-0.2, 0) is 6.54 Å². The average Bonchev–Trinajstić information content (AvgIpc) is 2.46. The summed E-state index contributed by atoms with van der Waals surface area (Å²) >= 11 is 0. The summed E-state index contributed by atoms with van der Waals surface area (Å²) in [4.78, 5) is 18.7. The maximum absolute atomic E-state index is 13.3. The second kappa shape index (κ2) is 5.52. The summed E-state index contributed by atoms with van der Waals surface area (Å²) in [6, 6.07) is 2.17. The summed E-state index contributed by atoms with van der Waals surface area (Å²) < 4.78 is 28.0. The highest BCUT2D eigenvalue weighted by Gasteiger charge is 2.20. The fourth-order valence-electron chi connectivity index (χ4n) is 2.89. The van der Waals surface area contributed by atoms with E-state index < -0.39 is 11.6 Å². The number of aromatic nitrogens is 2. The summed E-state index contributed by atoms with van der Waals surface area (Å²) in [5.41, 5.74) is -0.134. The predicted molar refractivity (Wildman–Crippen MR) is 76.2 cm³/mol. The van der Waals surface area contributed by atoms with Crippen LogP contribution >= 0.6 is 0 Å². The number of likely N-dealkylation sites (N-methyl/N-ethyl adjacent to an activating group) is 1. The van der Waals surface area contributed by atoms with Crippen LogP contribution in [0.5, 0.6) is 0 Å². The highest BCUT2D eigenvalue weighted by atomic mass is 19.2. The van der Waals surface area contributed by atoms with Crippen LogP contribution in [0.15, 0.2) is 23.3 Å². The molecule has 1 saturated heterocycles. The Kier molecular flexibility index (Phi) is 3.71. The third kappa shape index (κ3) is 2.68. The van der Waals surface area contributed by atoms with E-state index in [0.29, 0.717) is 6.54 Å². The number of rotatable bonds is 2. The van der Waals surface area contributed by atoms with E-state index in [9.17, 15) is 13.6 Å². The van der Waals surface area contributed by atoms with Gasteiger partial charge in [0.1, 0.15) is 0 Å². The molecule has 1 atom stereocenters. The molecule has 21 heavy (non-hydrogen) atoms. The lowest BCUT2D eigenvalue weighted by molar-refractivity contribution is 0.166. The van der Waals surface area contributed by atoms with Crippen LogP contribution in [0.25, 0.3) is 10.9 Å². The zero-order valence-corrected chi connectivity index (χ0v) is 11.9. The van der Waals surface area contributed by atoms with Crippen LogP contribution in [0.4, 0.5) is 8.78 Å². The Morgan fingerprint density at radius 1 is 1.29 bits per heavy atom. The topological polar surface area (TPSA) is 38.1 Å². The monoisotopic (exact) mass is 293 g/mol. The van der Waals surface area contributed by atoms with E-state index in [1.54, 1.807) is 0 Å². The maximum atomic E-state index is 13.3. The number of piperidine rings is 1. The van der Waals surface area contributed by atoms with Gasteiger partial charge in [0.2, 0.25) is 0 Å². The number of hydrogen-bond acceptors (Lipinski definition) is 3. The second-order valence-electron chi connectivity index (χ2n) is 5.62. The first kappa shape index (κ1) is 14.1. The third-order valence-electron chi connectivity index (χ3n) is 4.20. The number of halogens is 2. The molecule has 2 aromatic rings. The van der Waals surface area contributed by atoms with Crippen molar-refractivity contribution in [2.24, 2.45) is 0 Å². The number of likely N-dealkylation sites (tertiary alicyclic amines) is 1. The molecule has 1 aliphatic heterocycles. The Bertz CT molecular complexity index is 729. The molecule has 1 aromatic heterocycles. The summed E-state index contributed by atoms with van der Waals surface area (Å²) in [5, 5.41) is 0.120. The van der Waals surface area contributed by atoms with Gasteiger partial charge in [-0.2, -0.15) is 0 Å². The molecule has 0 N–H and O–H groups in total. The first-order chi connectivity index (χ1) is 10.1. The van der Waals surface area contributed by atoms with Crippen LogP contribution in [0.3, 0.4) is 0 Å². The lowest BCUT2D eigenvalue weighted by atomic mass is 10.0. The summed E-state index contributed by atoms with van der Waals surface area (Å²) in [5.74, 6) is -2.01. The fourth-order valence-corrected chi connectivity index (χ4v) is 2.89. The molecule has 0 spiro atoms. The maximum Gasteiger partial charge on any atom is 0.261 e. The molecule has 112 valence electrons. The number of hydrogen-bond donors (Lipinski definition) is 0. The van der Waals surface area contributed by atoms with E-state index in [4.69, 9.17) is 0 Å². The number of fused-ring (bicyclic) bond motifs is 1. The van der Waals surface area contributed by atoms with Crippen molar-refractivity contribution in [3.05, 3.63) is 40.4 Å². The minimum Gasteiger partial charge on any atom is -0.302 e. The van der Waals surface area contributed by atoms with Crippen molar-refractivity contribution in [2.45, 2.75) is 31.8 Å². The third-order valence-corrected chi connectivity index (χ3v) is 4.20. The van der Waals surface area contributed by atoms with Gasteiger partial charge in [0.25, 0.3) is 5.56 Å². The molecule has 1 fully saturated rings. The van der Waals surface area contributed by atoms with E-state index in [2.05, 4.69) is 9.88 Å². The highest BCUT2D eigenvalue weighted by molar-refractivity contribution is 5.77. The molecule has 0 bridgehead atoms. The Morgan fingerprint density at radius 3 is 2.81 bits per heavy atom. The molecule has 4 nitrogen and oxygen atoms in total. The molecule has 0 radical (unpaired) electrons. The quantitative estimate of drug-likeness (QED) is 0.851. The van der Waals surface area contributed by atoms with Gasteiger partial charge in [-0.1, -0.05) is 6.42 Å². The SMILES string of the molecule is CN1CCCC[C@H]1Cn1cnc2cc(F)c(F)cc2c1=O. The molecule has 0 saturated carbocycles. The highest BCUT2D eigenvalue weighted by Crippen LogP contribution is 2.17. The Balaban J connectivity index is 1.98. The van der Waals surface area contributed by atoms with E-state index in [1.807, 2.05) is 7.05 Å². The summed E-state index contributed by atoms with van der Waals surface area (Å²) in [6.45, 7) is 1.54. The summed E-state index contributed by atoms with van der Waals surface area (Å²) in [7, 11) is 2.04. The molecule has 6 heteroatoms. The van der Waals surface area contributed by atoms with Crippen molar-refractivity contribution in [3.63, 3.8) is 0 Å². The first-order valence-electron chi connectivity index (χ1n) is 7.10. The predicted octanol–water partition coefficient (Wildman–Crippen LogP) is 2.16. The van der Waals surface area contributed by atoms with Crippen molar-refractivity contribution in [1.82, 2.24) is 14.5 Å².